The van der Waals surface area contributed by atoms with Crippen LogP contribution in [0, 0.1) is 5.92 Å². The first-order valence-electron chi connectivity index (χ1n) is 10.5. The van der Waals surface area contributed by atoms with E-state index in [0.717, 1.165) is 22.9 Å². The van der Waals surface area contributed by atoms with Gasteiger partial charge in [0.05, 0.1) is 18.0 Å². The summed E-state index contributed by atoms with van der Waals surface area (Å²) in [6.45, 7) is 5.66. The molecule has 0 aromatic heterocycles. The van der Waals surface area contributed by atoms with E-state index in [1.54, 1.807) is 24.3 Å². The fourth-order valence-corrected chi connectivity index (χ4v) is 4.57. The first-order valence-corrected chi connectivity index (χ1v) is 12.4. The molecule has 0 bridgehead atoms. The van der Waals surface area contributed by atoms with Crippen molar-refractivity contribution in [2.75, 3.05) is 11.0 Å². The van der Waals surface area contributed by atoms with Gasteiger partial charge in [0.1, 0.15) is 5.75 Å². The molecular weight excluding hydrogens is 457 g/mol. The normalized spacial score (nSPS) is 21.2. The van der Waals surface area contributed by atoms with Gasteiger partial charge in [0.15, 0.2) is 0 Å². The van der Waals surface area contributed by atoms with Crippen molar-refractivity contribution in [2.24, 2.45) is 5.92 Å². The van der Waals surface area contributed by atoms with Crippen molar-refractivity contribution >= 4 is 21.6 Å². The second-order valence-electron chi connectivity index (χ2n) is 8.62. The number of alkyl halides is 3. The number of halogens is 3. The maximum absolute atomic E-state index is 12.9. The van der Waals surface area contributed by atoms with Gasteiger partial charge in [-0.05, 0) is 54.7 Å². The van der Waals surface area contributed by atoms with Crippen LogP contribution in [0.5, 0.6) is 5.75 Å². The van der Waals surface area contributed by atoms with Crippen molar-refractivity contribution in [3.05, 3.63) is 59.2 Å². The maximum Gasteiger partial charge on any atom is 0.573 e. The molecule has 2 N–H and O–H groups in total. The number of hydrogen-bond acceptors (Lipinski definition) is 4. The zero-order valence-corrected chi connectivity index (χ0v) is 19.6. The first-order chi connectivity index (χ1) is 15.2. The zero-order valence-electron chi connectivity index (χ0n) is 18.8. The van der Waals surface area contributed by atoms with E-state index in [1.807, 2.05) is 26.8 Å². The molecule has 10 heteroatoms. The quantitative estimate of drug-likeness (QED) is 0.570. The Labute approximate surface area is 191 Å². The number of nitrogens with one attached hydrogen (secondary N) is 2. The second-order valence-corrected chi connectivity index (χ2v) is 10.4. The van der Waals surface area contributed by atoms with Gasteiger partial charge < -0.3 is 10.1 Å². The van der Waals surface area contributed by atoms with E-state index in [-0.39, 0.29) is 23.6 Å². The van der Waals surface area contributed by atoms with Gasteiger partial charge in [0.25, 0.3) is 0 Å². The predicted octanol–water partition coefficient (Wildman–Crippen LogP) is 4.67. The average molecular weight is 485 g/mol. The molecule has 33 heavy (non-hydrogen) atoms. The standard InChI is InChI=1S/C23H27F3N2O4S/c1-5-15-12-16(6-11-20(15)28-33(4,30)31)14(2)27-21(29)19-13-22(19,3)17-7-9-18(10-8-17)32-23(24,25)26/h6-12,14,19,28H,5,13H2,1-4H3,(H,27,29). The Kier molecular flexibility index (Phi) is 6.70. The van der Waals surface area contributed by atoms with Crippen LogP contribution < -0.4 is 14.8 Å². The Balaban J connectivity index is 1.66. The number of rotatable bonds is 8. The van der Waals surface area contributed by atoms with Gasteiger partial charge in [-0.25, -0.2) is 8.42 Å². The van der Waals surface area contributed by atoms with Gasteiger partial charge in [0, 0.05) is 11.3 Å². The topological polar surface area (TPSA) is 84.5 Å². The highest BCUT2D eigenvalue weighted by molar-refractivity contribution is 7.92. The Morgan fingerprint density at radius 3 is 2.39 bits per heavy atom. The van der Waals surface area contributed by atoms with Crippen LogP contribution in [0.1, 0.15) is 49.9 Å². The van der Waals surface area contributed by atoms with E-state index >= 15 is 0 Å². The van der Waals surface area contributed by atoms with Crippen LogP contribution in [0.4, 0.5) is 18.9 Å². The molecule has 0 saturated heterocycles. The smallest absolute Gasteiger partial charge is 0.406 e. The van der Waals surface area contributed by atoms with E-state index in [1.165, 1.54) is 12.1 Å². The third-order valence-electron chi connectivity index (χ3n) is 5.97. The van der Waals surface area contributed by atoms with Gasteiger partial charge >= 0.3 is 6.36 Å². The summed E-state index contributed by atoms with van der Waals surface area (Å²) in [7, 11) is -3.40. The Morgan fingerprint density at radius 2 is 1.85 bits per heavy atom. The molecule has 2 aromatic carbocycles. The van der Waals surface area contributed by atoms with E-state index in [0.29, 0.717) is 18.5 Å². The molecule has 3 unspecified atom stereocenters. The number of carbonyl (C=O) groups excluding carboxylic acids is 1. The zero-order chi connectivity index (χ0) is 24.6. The summed E-state index contributed by atoms with van der Waals surface area (Å²) >= 11 is 0. The third kappa shape index (κ3) is 6.19. The minimum atomic E-state index is -4.75. The van der Waals surface area contributed by atoms with Crippen molar-refractivity contribution in [3.63, 3.8) is 0 Å². The van der Waals surface area contributed by atoms with Crippen molar-refractivity contribution in [1.82, 2.24) is 5.32 Å². The van der Waals surface area contributed by atoms with Gasteiger partial charge in [0.2, 0.25) is 15.9 Å². The monoisotopic (exact) mass is 484 g/mol. The molecule has 2 aromatic rings. The van der Waals surface area contributed by atoms with Gasteiger partial charge in [-0.1, -0.05) is 38.1 Å². The third-order valence-corrected chi connectivity index (χ3v) is 6.56. The van der Waals surface area contributed by atoms with Crippen LogP contribution in [-0.4, -0.2) is 26.9 Å². The fraction of sp³-hybridized carbons (Fsp3) is 0.435. The first kappa shape index (κ1) is 24.9. The molecule has 0 spiro atoms. The highest BCUT2D eigenvalue weighted by atomic mass is 32.2. The summed E-state index contributed by atoms with van der Waals surface area (Å²) in [5, 5.41) is 2.99. The van der Waals surface area contributed by atoms with Crippen LogP contribution in [0.3, 0.4) is 0 Å². The van der Waals surface area contributed by atoms with Crippen molar-refractivity contribution in [2.45, 2.75) is 51.4 Å². The molecule has 3 rings (SSSR count). The minimum Gasteiger partial charge on any atom is -0.406 e. The van der Waals surface area contributed by atoms with E-state index in [2.05, 4.69) is 14.8 Å². The highest BCUT2D eigenvalue weighted by Gasteiger charge is 2.55. The van der Waals surface area contributed by atoms with Gasteiger partial charge in [-0.2, -0.15) is 0 Å². The van der Waals surface area contributed by atoms with E-state index in [4.69, 9.17) is 0 Å². The molecule has 0 aliphatic heterocycles. The van der Waals surface area contributed by atoms with Crippen LogP contribution in [0.25, 0.3) is 0 Å². The lowest BCUT2D eigenvalue weighted by Gasteiger charge is -2.19. The van der Waals surface area contributed by atoms with Crippen LogP contribution in [0.2, 0.25) is 0 Å². The number of anilines is 1. The predicted molar refractivity (Wildman–Crippen MR) is 119 cm³/mol. The van der Waals surface area contributed by atoms with Crippen LogP contribution >= 0.6 is 0 Å². The van der Waals surface area contributed by atoms with Gasteiger partial charge in [-0.3, -0.25) is 9.52 Å². The Morgan fingerprint density at radius 1 is 1.21 bits per heavy atom. The van der Waals surface area contributed by atoms with Crippen LogP contribution in [0.15, 0.2) is 42.5 Å². The molecule has 1 aliphatic rings. The lowest BCUT2D eigenvalue weighted by atomic mass is 9.95. The van der Waals surface area contributed by atoms with Gasteiger partial charge in [-0.15, -0.1) is 13.2 Å². The number of benzene rings is 2. The molecule has 1 amide bonds. The Hall–Kier alpha value is -2.75. The summed E-state index contributed by atoms with van der Waals surface area (Å²) in [6.07, 6.45) is -2.46. The molecule has 0 heterocycles. The molecule has 1 fully saturated rings. The number of amides is 1. The molecule has 6 nitrogen and oxygen atoms in total. The van der Waals surface area contributed by atoms with Crippen molar-refractivity contribution in [3.8, 4) is 5.75 Å². The summed E-state index contributed by atoms with van der Waals surface area (Å²) in [5.74, 6) is -0.742. The molecule has 0 radical (unpaired) electrons. The SMILES string of the molecule is CCc1cc(C(C)NC(=O)C2CC2(C)c2ccc(OC(F)(F)F)cc2)ccc1NS(C)(=O)=O. The lowest BCUT2D eigenvalue weighted by molar-refractivity contribution is -0.274. The number of ether oxygens (including phenoxy) is 1. The summed E-state index contributed by atoms with van der Waals surface area (Å²) in [6, 6.07) is 10.6. The molecule has 1 saturated carbocycles. The molecule has 180 valence electrons. The van der Waals surface area contributed by atoms with E-state index < -0.39 is 21.8 Å². The largest absolute Gasteiger partial charge is 0.573 e. The molecule has 3 atom stereocenters. The Bertz CT molecular complexity index is 1130. The number of sulfonamides is 1. The van der Waals surface area contributed by atoms with Crippen LogP contribution in [-0.2, 0) is 26.7 Å². The summed E-state index contributed by atoms with van der Waals surface area (Å²) < 4.78 is 66.6. The lowest BCUT2D eigenvalue weighted by Crippen LogP contribution is -2.30. The average Bonchev–Trinajstić information content (AvgIpc) is 3.39. The minimum absolute atomic E-state index is 0.142. The maximum atomic E-state index is 12.9. The number of aryl methyl sites for hydroxylation is 1. The highest BCUT2D eigenvalue weighted by Crippen LogP contribution is 2.54. The molecule has 1 aliphatic carbocycles. The van der Waals surface area contributed by atoms with Crippen molar-refractivity contribution in [1.29, 1.82) is 0 Å². The molecular formula is C23H27F3N2O4S. The second kappa shape index (κ2) is 8.89. The number of hydrogen-bond donors (Lipinski definition) is 2. The summed E-state index contributed by atoms with van der Waals surface area (Å²) in [4.78, 5) is 12.9. The number of carbonyl (C=O) groups is 1. The van der Waals surface area contributed by atoms with E-state index in [9.17, 15) is 26.4 Å². The fourth-order valence-electron chi connectivity index (χ4n) is 3.98. The summed E-state index contributed by atoms with van der Waals surface area (Å²) in [5.41, 5.74) is 2.48. The van der Waals surface area contributed by atoms with Crippen molar-refractivity contribution < 1.29 is 31.1 Å².